The third kappa shape index (κ3) is 7.26. The average molecular weight is 546 g/mol. The van der Waals surface area contributed by atoms with Crippen molar-refractivity contribution >= 4 is 17.5 Å². The van der Waals surface area contributed by atoms with Gasteiger partial charge in [0.1, 0.15) is 11.5 Å². The first-order chi connectivity index (χ1) is 19.5. The van der Waals surface area contributed by atoms with Crippen molar-refractivity contribution in [3.63, 3.8) is 0 Å². The van der Waals surface area contributed by atoms with Crippen LogP contribution >= 0.6 is 0 Å². The Bertz CT molecular complexity index is 1310. The molecule has 0 atom stereocenters. The Labute approximate surface area is 236 Å². The highest BCUT2D eigenvalue weighted by molar-refractivity contribution is 5.78. The van der Waals surface area contributed by atoms with E-state index < -0.39 is 0 Å². The number of benzene rings is 2. The molecule has 0 unspecified atom stereocenters. The Balaban J connectivity index is 1.44. The molecule has 1 aromatic heterocycles. The number of nitrogens with zero attached hydrogens (tertiary/aromatic N) is 5. The van der Waals surface area contributed by atoms with E-state index in [-0.39, 0.29) is 5.91 Å². The lowest BCUT2D eigenvalue weighted by atomic mass is 10.1. The fraction of sp³-hybridized carbons (Fsp3) is 0.433. The Morgan fingerprint density at radius 2 is 1.68 bits per heavy atom. The molecule has 2 N–H and O–H groups in total. The van der Waals surface area contributed by atoms with Gasteiger partial charge in [-0.25, -0.2) is 9.97 Å². The molecule has 1 fully saturated rings. The van der Waals surface area contributed by atoms with Crippen LogP contribution in [0.1, 0.15) is 17.5 Å². The van der Waals surface area contributed by atoms with Crippen molar-refractivity contribution in [2.45, 2.75) is 19.5 Å². The van der Waals surface area contributed by atoms with Gasteiger partial charge in [-0.1, -0.05) is 0 Å². The van der Waals surface area contributed by atoms with Gasteiger partial charge in [0.15, 0.2) is 0 Å². The van der Waals surface area contributed by atoms with E-state index in [9.17, 15) is 4.79 Å². The van der Waals surface area contributed by atoms with Crippen molar-refractivity contribution < 1.29 is 14.3 Å². The molecule has 212 valence electrons. The highest BCUT2D eigenvalue weighted by Crippen LogP contribution is 2.28. The summed E-state index contributed by atoms with van der Waals surface area (Å²) in [7, 11) is 5.46. The number of carbonyl (C=O) groups excluding carboxylic acids is 1. The van der Waals surface area contributed by atoms with Gasteiger partial charge in [0.05, 0.1) is 26.5 Å². The third-order valence-electron chi connectivity index (χ3n) is 7.41. The van der Waals surface area contributed by atoms with E-state index in [0.717, 1.165) is 91.8 Å². The first kappa shape index (κ1) is 27.8. The minimum Gasteiger partial charge on any atom is -0.497 e. The van der Waals surface area contributed by atoms with Crippen LogP contribution in [-0.2, 0) is 17.9 Å². The maximum atomic E-state index is 12.6. The molecule has 0 aliphatic carbocycles. The van der Waals surface area contributed by atoms with Crippen molar-refractivity contribution in [1.29, 1.82) is 0 Å². The number of rotatable bonds is 2. The molecule has 10 nitrogen and oxygen atoms in total. The SMILES string of the molecule is COc1cc2cc(c1)Nc1nccc(n1)-c1ccc(OC)c(c1)CN(C)CCCNC(=O)CN1CCN(CC1)C2. The van der Waals surface area contributed by atoms with E-state index in [1.54, 1.807) is 20.4 Å². The summed E-state index contributed by atoms with van der Waals surface area (Å²) < 4.78 is 11.3. The zero-order valence-electron chi connectivity index (χ0n) is 23.7. The van der Waals surface area contributed by atoms with Gasteiger partial charge in [0, 0.05) is 74.9 Å². The maximum Gasteiger partial charge on any atom is 0.234 e. The van der Waals surface area contributed by atoms with Crippen molar-refractivity contribution in [3.8, 4) is 22.8 Å². The summed E-state index contributed by atoms with van der Waals surface area (Å²) in [6, 6.07) is 14.2. The lowest BCUT2D eigenvalue weighted by Gasteiger charge is -2.34. The molecular weight excluding hydrogens is 506 g/mol. The number of ether oxygens (including phenoxy) is 2. The molecule has 3 aromatic rings. The van der Waals surface area contributed by atoms with E-state index in [1.807, 2.05) is 24.3 Å². The van der Waals surface area contributed by atoms with E-state index in [4.69, 9.17) is 14.5 Å². The Morgan fingerprint density at radius 3 is 2.45 bits per heavy atom. The highest BCUT2D eigenvalue weighted by atomic mass is 16.5. The smallest absolute Gasteiger partial charge is 0.234 e. The van der Waals surface area contributed by atoms with Crippen molar-refractivity contribution in [3.05, 3.63) is 59.8 Å². The van der Waals surface area contributed by atoms with Crippen LogP contribution < -0.4 is 20.1 Å². The van der Waals surface area contributed by atoms with Crippen LogP contribution in [0.5, 0.6) is 11.5 Å². The summed E-state index contributed by atoms with van der Waals surface area (Å²) in [5.41, 5.74) is 4.91. The summed E-state index contributed by atoms with van der Waals surface area (Å²) in [6.45, 7) is 7.03. The molecule has 3 aliphatic heterocycles. The largest absolute Gasteiger partial charge is 0.497 e. The molecule has 2 aromatic carbocycles. The van der Waals surface area contributed by atoms with Gasteiger partial charge in [0.2, 0.25) is 11.9 Å². The van der Waals surface area contributed by atoms with Crippen LogP contribution in [0.2, 0.25) is 0 Å². The monoisotopic (exact) mass is 545 g/mol. The number of carbonyl (C=O) groups is 1. The molecule has 0 spiro atoms. The average Bonchev–Trinajstić information content (AvgIpc) is 2.96. The molecule has 40 heavy (non-hydrogen) atoms. The van der Waals surface area contributed by atoms with Crippen molar-refractivity contribution in [1.82, 2.24) is 30.0 Å². The number of methoxy groups -OCH3 is 2. The van der Waals surface area contributed by atoms with Crippen LogP contribution in [-0.4, -0.2) is 97.7 Å². The van der Waals surface area contributed by atoms with Crippen LogP contribution in [0.4, 0.5) is 11.6 Å². The van der Waals surface area contributed by atoms with Gasteiger partial charge in [-0.3, -0.25) is 14.6 Å². The van der Waals surface area contributed by atoms with E-state index in [2.05, 4.69) is 55.6 Å². The Kier molecular flexibility index (Phi) is 9.10. The predicted molar refractivity (Wildman–Crippen MR) is 156 cm³/mol. The van der Waals surface area contributed by atoms with Crippen LogP contribution in [0.25, 0.3) is 11.3 Å². The van der Waals surface area contributed by atoms with Gasteiger partial charge >= 0.3 is 0 Å². The van der Waals surface area contributed by atoms with Crippen LogP contribution in [0.15, 0.2) is 48.7 Å². The normalized spacial score (nSPS) is 20.7. The molecule has 6 rings (SSSR count). The number of amides is 1. The topological polar surface area (TPSA) is 95.1 Å². The summed E-state index contributed by atoms with van der Waals surface area (Å²) in [5, 5.41) is 6.48. The van der Waals surface area contributed by atoms with Gasteiger partial charge in [-0.2, -0.15) is 0 Å². The summed E-state index contributed by atoms with van der Waals surface area (Å²) >= 11 is 0. The number of nitrogens with one attached hydrogen (secondary N) is 2. The summed E-state index contributed by atoms with van der Waals surface area (Å²) in [4.78, 5) is 28.8. The van der Waals surface area contributed by atoms with Crippen molar-refractivity contribution in [2.24, 2.45) is 0 Å². The second kappa shape index (κ2) is 13.1. The standard InChI is InChI=1S/C30H39N7O3/c1-35-10-4-8-31-29(38)21-37-13-11-36(12-14-37)19-22-15-25(18-26(16-22)39-2)33-30-32-9-7-27(34-30)23-5-6-28(40-3)24(17-23)20-35/h5-7,9,15-18H,4,8,10-14,19-21H2,1-3H3,(H,31,38)(H,32,33,34). The number of piperazine rings is 1. The Morgan fingerprint density at radius 1 is 0.875 bits per heavy atom. The maximum absolute atomic E-state index is 12.6. The van der Waals surface area contributed by atoms with Crippen LogP contribution in [0, 0.1) is 0 Å². The van der Waals surface area contributed by atoms with Crippen LogP contribution in [0.3, 0.4) is 0 Å². The highest BCUT2D eigenvalue weighted by Gasteiger charge is 2.20. The molecule has 10 heteroatoms. The molecule has 1 amide bonds. The number of hydrogen-bond acceptors (Lipinski definition) is 9. The number of aromatic nitrogens is 2. The van der Waals surface area contributed by atoms with E-state index in [0.29, 0.717) is 19.0 Å². The number of anilines is 2. The lowest BCUT2D eigenvalue weighted by Crippen LogP contribution is -2.49. The number of hydrogen-bond donors (Lipinski definition) is 2. The molecule has 0 saturated carbocycles. The minimum absolute atomic E-state index is 0.0928. The zero-order chi connectivity index (χ0) is 27.9. The first-order valence-corrected chi connectivity index (χ1v) is 13.8. The van der Waals surface area contributed by atoms with Gasteiger partial charge in [-0.05, 0) is 62.0 Å². The zero-order valence-corrected chi connectivity index (χ0v) is 23.7. The second-order valence-corrected chi connectivity index (χ2v) is 10.5. The third-order valence-corrected chi connectivity index (χ3v) is 7.41. The fourth-order valence-corrected chi connectivity index (χ4v) is 5.28. The lowest BCUT2D eigenvalue weighted by molar-refractivity contribution is -0.122. The van der Waals surface area contributed by atoms with Gasteiger partial charge in [0.25, 0.3) is 0 Å². The Hall–Kier alpha value is -3.73. The quantitative estimate of drug-likeness (QED) is 0.504. The van der Waals surface area contributed by atoms with Gasteiger partial charge in [-0.15, -0.1) is 0 Å². The molecule has 4 heterocycles. The van der Waals surface area contributed by atoms with E-state index in [1.165, 1.54) is 0 Å². The molecular formula is C30H39N7O3. The predicted octanol–water partition coefficient (Wildman–Crippen LogP) is 2.97. The number of fused-ring (bicyclic) bond motifs is 9. The molecule has 1 saturated heterocycles. The van der Waals surface area contributed by atoms with Crippen molar-refractivity contribution in [2.75, 3.05) is 72.4 Å². The molecule has 3 aliphatic rings. The minimum atomic E-state index is 0.0928. The second-order valence-electron chi connectivity index (χ2n) is 10.5. The summed E-state index contributed by atoms with van der Waals surface area (Å²) in [5.74, 6) is 2.23. The molecule has 0 radical (unpaired) electrons. The summed E-state index contributed by atoms with van der Waals surface area (Å²) in [6.07, 6.45) is 2.65. The first-order valence-electron chi connectivity index (χ1n) is 13.8. The van der Waals surface area contributed by atoms with Gasteiger partial charge < -0.3 is 25.0 Å². The molecule has 8 bridgehead atoms. The van der Waals surface area contributed by atoms with E-state index >= 15 is 0 Å². The fourth-order valence-electron chi connectivity index (χ4n) is 5.28.